The molecule has 1 N–H and O–H groups in total. The molecule has 0 atom stereocenters. The molecule has 1 aliphatic rings. The van der Waals surface area contributed by atoms with Crippen molar-refractivity contribution < 1.29 is 14.3 Å². The summed E-state index contributed by atoms with van der Waals surface area (Å²) in [4.78, 5) is 19.7. The molecule has 0 saturated carbocycles. The Kier molecular flexibility index (Phi) is 6.52. The third kappa shape index (κ3) is 4.91. The van der Waals surface area contributed by atoms with Crippen molar-refractivity contribution in [2.24, 2.45) is 5.92 Å². The quantitative estimate of drug-likeness (QED) is 0.440. The average molecular weight is 472 g/mol. The first kappa shape index (κ1) is 22.7. The predicted octanol–water partition coefficient (Wildman–Crippen LogP) is 3.95. The number of piperidine rings is 1. The number of hydrogen-bond acceptors (Lipinski definition) is 6. The molecule has 0 bridgehead atoms. The summed E-state index contributed by atoms with van der Waals surface area (Å²) in [7, 11) is 3.31. The number of nitrogens with one attached hydrogen (secondary N) is 1. The van der Waals surface area contributed by atoms with E-state index in [0.29, 0.717) is 6.54 Å². The van der Waals surface area contributed by atoms with Crippen LogP contribution in [0.1, 0.15) is 18.4 Å². The third-order valence-electron chi connectivity index (χ3n) is 6.53. The molecule has 1 aliphatic heterocycles. The predicted molar refractivity (Wildman–Crippen MR) is 135 cm³/mol. The van der Waals surface area contributed by atoms with Gasteiger partial charge in [0.15, 0.2) is 5.82 Å². The van der Waals surface area contributed by atoms with Crippen molar-refractivity contribution in [3.63, 3.8) is 0 Å². The molecule has 0 spiro atoms. The molecule has 8 nitrogen and oxygen atoms in total. The minimum atomic E-state index is 0.00138. The largest absolute Gasteiger partial charge is 0.497 e. The van der Waals surface area contributed by atoms with Gasteiger partial charge in [0.2, 0.25) is 5.91 Å². The zero-order chi connectivity index (χ0) is 24.2. The maximum Gasteiger partial charge on any atom is 0.223 e. The Balaban J connectivity index is 1.24. The van der Waals surface area contributed by atoms with E-state index in [1.807, 2.05) is 59.2 Å². The van der Waals surface area contributed by atoms with Gasteiger partial charge in [0.1, 0.15) is 17.0 Å². The number of rotatable bonds is 7. The van der Waals surface area contributed by atoms with E-state index in [-0.39, 0.29) is 11.8 Å². The molecule has 2 aromatic carbocycles. The summed E-state index contributed by atoms with van der Waals surface area (Å²) < 4.78 is 12.4. The lowest BCUT2D eigenvalue weighted by Crippen LogP contribution is -2.40. The van der Waals surface area contributed by atoms with Crippen LogP contribution in [-0.2, 0) is 11.3 Å². The number of aromatic nitrogens is 3. The van der Waals surface area contributed by atoms with Crippen molar-refractivity contribution >= 4 is 17.2 Å². The Morgan fingerprint density at radius 3 is 2.54 bits per heavy atom. The highest BCUT2D eigenvalue weighted by molar-refractivity contribution is 5.80. The normalized spacial score (nSPS) is 14.2. The highest BCUT2D eigenvalue weighted by Crippen LogP contribution is 2.29. The summed E-state index contributed by atoms with van der Waals surface area (Å²) in [6, 6.07) is 17.7. The molecule has 4 aromatic rings. The number of methoxy groups -OCH3 is 2. The van der Waals surface area contributed by atoms with Crippen LogP contribution in [0.2, 0.25) is 0 Å². The van der Waals surface area contributed by atoms with Crippen LogP contribution in [0.5, 0.6) is 11.5 Å². The fourth-order valence-corrected chi connectivity index (χ4v) is 4.51. The number of fused-ring (bicyclic) bond motifs is 1. The number of hydrogen-bond donors (Lipinski definition) is 1. The summed E-state index contributed by atoms with van der Waals surface area (Å²) in [6.45, 7) is 2.06. The van der Waals surface area contributed by atoms with E-state index in [9.17, 15) is 4.79 Å². The van der Waals surface area contributed by atoms with Gasteiger partial charge in [0.25, 0.3) is 0 Å². The van der Waals surface area contributed by atoms with E-state index in [2.05, 4.69) is 21.3 Å². The molecule has 0 radical (unpaired) electrons. The smallest absolute Gasteiger partial charge is 0.223 e. The molecule has 3 heterocycles. The molecule has 0 unspecified atom stereocenters. The van der Waals surface area contributed by atoms with Crippen LogP contribution in [0.25, 0.3) is 16.8 Å². The molecule has 35 heavy (non-hydrogen) atoms. The molecule has 1 fully saturated rings. The first-order chi connectivity index (χ1) is 17.1. The van der Waals surface area contributed by atoms with Crippen LogP contribution in [0, 0.1) is 5.92 Å². The van der Waals surface area contributed by atoms with E-state index in [1.165, 1.54) is 0 Å². The van der Waals surface area contributed by atoms with Crippen LogP contribution in [0.3, 0.4) is 0 Å². The van der Waals surface area contributed by atoms with Crippen LogP contribution < -0.4 is 19.7 Å². The Morgan fingerprint density at radius 1 is 1.03 bits per heavy atom. The van der Waals surface area contributed by atoms with Crippen molar-refractivity contribution in [2.45, 2.75) is 19.4 Å². The van der Waals surface area contributed by atoms with Crippen LogP contribution in [0.15, 0.2) is 67.0 Å². The van der Waals surface area contributed by atoms with E-state index in [0.717, 1.165) is 65.6 Å². The molecule has 5 rings (SSSR count). The van der Waals surface area contributed by atoms with E-state index in [4.69, 9.17) is 14.6 Å². The fourth-order valence-electron chi connectivity index (χ4n) is 4.51. The second kappa shape index (κ2) is 10.0. The molecule has 180 valence electrons. The molecular weight excluding hydrogens is 442 g/mol. The average Bonchev–Trinajstić information content (AvgIpc) is 3.37. The molecular formula is C27H29N5O3. The zero-order valence-corrected chi connectivity index (χ0v) is 20.0. The van der Waals surface area contributed by atoms with Gasteiger partial charge in [0.05, 0.1) is 19.9 Å². The van der Waals surface area contributed by atoms with Crippen molar-refractivity contribution in [2.75, 3.05) is 32.2 Å². The van der Waals surface area contributed by atoms with E-state index >= 15 is 0 Å². The monoisotopic (exact) mass is 471 g/mol. The third-order valence-corrected chi connectivity index (χ3v) is 6.53. The number of carbonyl (C=O) groups excluding carboxylic acids is 1. The Hall–Kier alpha value is -4.07. The summed E-state index contributed by atoms with van der Waals surface area (Å²) >= 11 is 0. The summed E-state index contributed by atoms with van der Waals surface area (Å²) in [5, 5.41) is 7.83. The molecule has 2 aromatic heterocycles. The maximum atomic E-state index is 12.8. The Morgan fingerprint density at radius 2 is 1.80 bits per heavy atom. The lowest BCUT2D eigenvalue weighted by molar-refractivity contribution is -0.125. The Labute approximate surface area is 204 Å². The summed E-state index contributed by atoms with van der Waals surface area (Å²) in [6.07, 6.45) is 5.21. The van der Waals surface area contributed by atoms with Crippen molar-refractivity contribution in [1.82, 2.24) is 19.9 Å². The minimum absolute atomic E-state index is 0.00138. The summed E-state index contributed by atoms with van der Waals surface area (Å²) in [5.74, 6) is 2.61. The summed E-state index contributed by atoms with van der Waals surface area (Å²) in [5.41, 5.74) is 3.87. The van der Waals surface area contributed by atoms with Gasteiger partial charge in [-0.1, -0.05) is 24.3 Å². The first-order valence-electron chi connectivity index (χ1n) is 11.8. The van der Waals surface area contributed by atoms with Crippen LogP contribution in [-0.4, -0.2) is 47.8 Å². The van der Waals surface area contributed by atoms with Gasteiger partial charge in [-0.2, -0.15) is 5.10 Å². The Bertz CT molecular complexity index is 1310. The van der Waals surface area contributed by atoms with Gasteiger partial charge < -0.3 is 19.7 Å². The number of carbonyl (C=O) groups is 1. The van der Waals surface area contributed by atoms with Crippen molar-refractivity contribution in [3.8, 4) is 22.8 Å². The van der Waals surface area contributed by atoms with E-state index < -0.39 is 0 Å². The number of nitrogens with zero attached hydrogens (tertiary/aromatic N) is 4. The topological polar surface area (TPSA) is 81.0 Å². The van der Waals surface area contributed by atoms with Gasteiger partial charge >= 0.3 is 0 Å². The second-order valence-corrected chi connectivity index (χ2v) is 8.67. The first-order valence-corrected chi connectivity index (χ1v) is 11.8. The van der Waals surface area contributed by atoms with Crippen LogP contribution >= 0.6 is 0 Å². The number of benzene rings is 2. The van der Waals surface area contributed by atoms with Crippen molar-refractivity contribution in [1.29, 1.82) is 0 Å². The van der Waals surface area contributed by atoms with Gasteiger partial charge in [-0.15, -0.1) is 0 Å². The standard InChI is InChI=1S/C27H29N5O3/c1-34-22-8-6-19(7-9-22)18-29-27(33)20-10-13-31(14-11-20)26-25-17-24(30-32(25)15-12-28-26)21-4-3-5-23(16-21)35-2/h3-9,12,15-17,20H,10-11,13-14,18H2,1-2H3,(H,29,33). The molecule has 8 heteroatoms. The van der Waals surface area contributed by atoms with E-state index in [1.54, 1.807) is 20.4 Å². The van der Waals surface area contributed by atoms with Gasteiger partial charge in [-0.3, -0.25) is 4.79 Å². The number of ether oxygens (including phenoxy) is 2. The van der Waals surface area contributed by atoms with Crippen molar-refractivity contribution in [3.05, 3.63) is 72.6 Å². The lowest BCUT2D eigenvalue weighted by Gasteiger charge is -2.32. The van der Waals surface area contributed by atoms with Gasteiger partial charge in [-0.25, -0.2) is 9.50 Å². The second-order valence-electron chi connectivity index (χ2n) is 8.67. The molecule has 1 amide bonds. The minimum Gasteiger partial charge on any atom is -0.497 e. The maximum absolute atomic E-state index is 12.8. The molecule has 0 aliphatic carbocycles. The number of anilines is 1. The molecule has 1 saturated heterocycles. The van der Waals surface area contributed by atoms with Gasteiger partial charge in [-0.05, 0) is 48.7 Å². The number of amides is 1. The highest BCUT2D eigenvalue weighted by Gasteiger charge is 2.26. The highest BCUT2D eigenvalue weighted by atomic mass is 16.5. The SMILES string of the molecule is COc1ccc(CNC(=O)C2CCN(c3nccn4nc(-c5cccc(OC)c5)cc34)CC2)cc1. The van der Waals surface area contributed by atoms with Crippen LogP contribution in [0.4, 0.5) is 5.82 Å². The lowest BCUT2D eigenvalue weighted by atomic mass is 9.95. The fraction of sp³-hybridized carbons (Fsp3) is 0.296. The zero-order valence-electron chi connectivity index (χ0n) is 20.0. The van der Waals surface area contributed by atoms with Gasteiger partial charge in [0, 0.05) is 43.5 Å².